The molecule has 2 N–H and O–H groups in total. The van der Waals surface area contributed by atoms with Crippen LogP contribution in [0.2, 0.25) is 0 Å². The van der Waals surface area contributed by atoms with E-state index in [0.717, 1.165) is 31.9 Å². The van der Waals surface area contributed by atoms with Crippen LogP contribution in [0.1, 0.15) is 20.3 Å². The number of aliphatic imine (C=N–C) groups is 1. The molecule has 0 spiro atoms. The lowest BCUT2D eigenvalue weighted by atomic mass is 10.2. The van der Waals surface area contributed by atoms with Crippen LogP contribution in [0.25, 0.3) is 0 Å². The third-order valence-electron chi connectivity index (χ3n) is 3.08. The van der Waals surface area contributed by atoms with Gasteiger partial charge in [0.2, 0.25) is 0 Å². The van der Waals surface area contributed by atoms with Crippen molar-refractivity contribution in [3.05, 3.63) is 18.2 Å². The Bertz CT molecular complexity index is 490. The van der Waals surface area contributed by atoms with Crippen molar-refractivity contribution in [2.24, 2.45) is 10.9 Å². The Labute approximate surface area is 139 Å². The molecular formula is C17H29N3O3. The highest BCUT2D eigenvalue weighted by molar-refractivity contribution is 5.93. The quantitative estimate of drug-likeness (QED) is 0.416. The predicted molar refractivity (Wildman–Crippen MR) is 94.8 cm³/mol. The number of hydrogen-bond donors (Lipinski definition) is 2. The molecule has 0 fully saturated rings. The summed E-state index contributed by atoms with van der Waals surface area (Å²) >= 11 is 0. The number of hydrogen-bond acceptors (Lipinski definition) is 4. The van der Waals surface area contributed by atoms with Crippen molar-refractivity contribution in [2.45, 2.75) is 20.3 Å². The average Bonchev–Trinajstić information content (AvgIpc) is 2.56. The first kappa shape index (κ1) is 19.1. The molecule has 6 nitrogen and oxygen atoms in total. The molecule has 0 atom stereocenters. The van der Waals surface area contributed by atoms with Crippen LogP contribution in [-0.2, 0) is 4.74 Å². The summed E-state index contributed by atoms with van der Waals surface area (Å²) in [6.45, 7) is 6.64. The Hall–Kier alpha value is -1.95. The Morgan fingerprint density at radius 1 is 1.17 bits per heavy atom. The molecule has 0 aliphatic heterocycles. The normalized spacial score (nSPS) is 11.5. The summed E-state index contributed by atoms with van der Waals surface area (Å²) in [6, 6.07) is 5.64. The summed E-state index contributed by atoms with van der Waals surface area (Å²) in [5.74, 6) is 2.65. The summed E-state index contributed by atoms with van der Waals surface area (Å²) < 4.78 is 16.1. The molecule has 23 heavy (non-hydrogen) atoms. The second kappa shape index (κ2) is 10.7. The molecule has 0 aromatic heterocycles. The summed E-state index contributed by atoms with van der Waals surface area (Å²) in [7, 11) is 4.98. The Kier molecular flexibility index (Phi) is 8.90. The first-order chi connectivity index (χ1) is 11.1. The van der Waals surface area contributed by atoms with Gasteiger partial charge in [0.1, 0.15) is 0 Å². The first-order valence-corrected chi connectivity index (χ1v) is 7.88. The zero-order chi connectivity index (χ0) is 17.1. The van der Waals surface area contributed by atoms with Crippen molar-refractivity contribution in [3.8, 4) is 11.5 Å². The summed E-state index contributed by atoms with van der Waals surface area (Å²) in [5, 5.41) is 6.49. The second-order valence-corrected chi connectivity index (χ2v) is 5.52. The fraction of sp³-hybridized carbons (Fsp3) is 0.588. The molecule has 0 unspecified atom stereocenters. The summed E-state index contributed by atoms with van der Waals surface area (Å²) in [5.41, 5.74) is 0.881. The molecule has 0 saturated carbocycles. The van der Waals surface area contributed by atoms with Crippen molar-refractivity contribution in [1.82, 2.24) is 5.32 Å². The van der Waals surface area contributed by atoms with Gasteiger partial charge in [-0.2, -0.15) is 0 Å². The third kappa shape index (κ3) is 7.23. The monoisotopic (exact) mass is 323 g/mol. The van der Waals surface area contributed by atoms with Crippen LogP contribution in [0.5, 0.6) is 11.5 Å². The Morgan fingerprint density at radius 3 is 2.52 bits per heavy atom. The standard InChI is InChI=1S/C17H29N3O3/c1-13(2)12-23-10-6-9-19-17(18-3)20-14-7-8-15(21-4)16(11-14)22-5/h7-8,11,13H,6,9-10,12H2,1-5H3,(H2,18,19,20). The molecule has 0 saturated heterocycles. The number of anilines is 1. The molecule has 1 aromatic rings. The van der Waals surface area contributed by atoms with Gasteiger partial charge in [0, 0.05) is 38.6 Å². The maximum Gasteiger partial charge on any atom is 0.195 e. The van der Waals surface area contributed by atoms with E-state index in [-0.39, 0.29) is 0 Å². The molecule has 0 radical (unpaired) electrons. The molecule has 1 aromatic carbocycles. The second-order valence-electron chi connectivity index (χ2n) is 5.52. The summed E-state index contributed by atoms with van der Waals surface area (Å²) in [4.78, 5) is 4.21. The number of ether oxygens (including phenoxy) is 3. The van der Waals surface area contributed by atoms with E-state index in [2.05, 4.69) is 29.5 Å². The third-order valence-corrected chi connectivity index (χ3v) is 3.08. The van der Waals surface area contributed by atoms with Crippen molar-refractivity contribution in [1.29, 1.82) is 0 Å². The van der Waals surface area contributed by atoms with E-state index >= 15 is 0 Å². The van der Waals surface area contributed by atoms with Crippen molar-refractivity contribution >= 4 is 11.6 Å². The maximum atomic E-state index is 5.55. The lowest BCUT2D eigenvalue weighted by Crippen LogP contribution is -2.32. The van der Waals surface area contributed by atoms with Gasteiger partial charge in [-0.25, -0.2) is 0 Å². The largest absolute Gasteiger partial charge is 0.493 e. The van der Waals surface area contributed by atoms with E-state index in [1.165, 1.54) is 0 Å². The van der Waals surface area contributed by atoms with Crippen LogP contribution in [0, 0.1) is 5.92 Å². The fourth-order valence-corrected chi connectivity index (χ4v) is 1.93. The van der Waals surface area contributed by atoms with Crippen molar-refractivity contribution in [2.75, 3.05) is 46.3 Å². The molecule has 0 amide bonds. The van der Waals surface area contributed by atoms with Gasteiger partial charge in [-0.3, -0.25) is 4.99 Å². The lowest BCUT2D eigenvalue weighted by molar-refractivity contribution is 0.108. The smallest absolute Gasteiger partial charge is 0.195 e. The van der Waals surface area contributed by atoms with Crippen LogP contribution in [0.15, 0.2) is 23.2 Å². The van der Waals surface area contributed by atoms with E-state index in [9.17, 15) is 0 Å². The molecule has 0 bridgehead atoms. The van der Waals surface area contributed by atoms with Crippen LogP contribution in [0.3, 0.4) is 0 Å². The van der Waals surface area contributed by atoms with Gasteiger partial charge < -0.3 is 24.8 Å². The van der Waals surface area contributed by atoms with Gasteiger partial charge in [-0.15, -0.1) is 0 Å². The van der Waals surface area contributed by atoms with Crippen LogP contribution >= 0.6 is 0 Å². The van der Waals surface area contributed by atoms with Crippen LogP contribution in [0.4, 0.5) is 5.69 Å². The van der Waals surface area contributed by atoms with Gasteiger partial charge in [-0.05, 0) is 24.5 Å². The van der Waals surface area contributed by atoms with Gasteiger partial charge >= 0.3 is 0 Å². The topological polar surface area (TPSA) is 64.1 Å². The number of nitrogens with zero attached hydrogens (tertiary/aromatic N) is 1. The summed E-state index contributed by atoms with van der Waals surface area (Å²) in [6.07, 6.45) is 0.930. The van der Waals surface area contributed by atoms with Gasteiger partial charge in [0.15, 0.2) is 17.5 Å². The number of methoxy groups -OCH3 is 2. The van der Waals surface area contributed by atoms with E-state index in [1.54, 1.807) is 21.3 Å². The molecular weight excluding hydrogens is 294 g/mol. The maximum absolute atomic E-state index is 5.55. The fourth-order valence-electron chi connectivity index (χ4n) is 1.93. The number of rotatable bonds is 9. The molecule has 0 heterocycles. The number of nitrogens with one attached hydrogen (secondary N) is 2. The van der Waals surface area contributed by atoms with Gasteiger partial charge in [0.25, 0.3) is 0 Å². The van der Waals surface area contributed by atoms with Crippen LogP contribution < -0.4 is 20.1 Å². The lowest BCUT2D eigenvalue weighted by Gasteiger charge is -2.14. The molecule has 1 rings (SSSR count). The zero-order valence-corrected chi connectivity index (χ0v) is 14.8. The van der Waals surface area contributed by atoms with E-state index in [1.807, 2.05) is 18.2 Å². The zero-order valence-electron chi connectivity index (χ0n) is 14.8. The highest BCUT2D eigenvalue weighted by Gasteiger charge is 2.06. The molecule has 0 aliphatic rings. The number of benzene rings is 1. The first-order valence-electron chi connectivity index (χ1n) is 7.88. The number of guanidine groups is 1. The van der Waals surface area contributed by atoms with Gasteiger partial charge in [-0.1, -0.05) is 13.8 Å². The minimum absolute atomic E-state index is 0.572. The average molecular weight is 323 g/mol. The molecule has 0 aliphatic carbocycles. The molecule has 6 heteroatoms. The minimum atomic E-state index is 0.572. The predicted octanol–water partition coefficient (Wildman–Crippen LogP) is 2.75. The van der Waals surface area contributed by atoms with Gasteiger partial charge in [0.05, 0.1) is 14.2 Å². The highest BCUT2D eigenvalue weighted by atomic mass is 16.5. The molecule has 130 valence electrons. The minimum Gasteiger partial charge on any atom is -0.493 e. The SMILES string of the molecule is CN=C(NCCCOCC(C)C)Nc1ccc(OC)c(OC)c1. The van der Waals surface area contributed by atoms with E-state index in [4.69, 9.17) is 14.2 Å². The van der Waals surface area contributed by atoms with Crippen molar-refractivity contribution < 1.29 is 14.2 Å². The highest BCUT2D eigenvalue weighted by Crippen LogP contribution is 2.29. The van der Waals surface area contributed by atoms with E-state index < -0.39 is 0 Å². The Balaban J connectivity index is 2.42. The van der Waals surface area contributed by atoms with Crippen molar-refractivity contribution in [3.63, 3.8) is 0 Å². The van der Waals surface area contributed by atoms with E-state index in [0.29, 0.717) is 23.4 Å². The Morgan fingerprint density at radius 2 is 1.91 bits per heavy atom. The van der Waals surface area contributed by atoms with Crippen LogP contribution in [-0.4, -0.2) is 47.0 Å².